The molecule has 4 heteroatoms. The van der Waals surface area contributed by atoms with Gasteiger partial charge in [0.2, 0.25) is 0 Å². The number of thiophene rings is 1. The third-order valence-electron chi connectivity index (χ3n) is 3.28. The number of aryl methyl sites for hydroxylation is 1. The fourth-order valence-corrected chi connectivity index (χ4v) is 2.93. The first kappa shape index (κ1) is 14.6. The Labute approximate surface area is 123 Å². The van der Waals surface area contributed by atoms with Crippen LogP contribution < -0.4 is 4.90 Å². The fraction of sp³-hybridized carbons (Fsp3) is 0.312. The summed E-state index contributed by atoms with van der Waals surface area (Å²) in [4.78, 5) is 14.6. The number of hydrogen-bond acceptors (Lipinski definition) is 3. The van der Waals surface area contributed by atoms with Gasteiger partial charge in [0, 0.05) is 16.6 Å². The summed E-state index contributed by atoms with van der Waals surface area (Å²) in [5, 5.41) is 11.1. The zero-order valence-electron chi connectivity index (χ0n) is 12.0. The molecule has 1 aromatic carbocycles. The molecule has 0 atom stereocenters. The number of carbonyl (C=O) groups is 1. The minimum Gasteiger partial charge on any atom is -0.478 e. The lowest BCUT2D eigenvalue weighted by molar-refractivity contribution is 0.0697. The van der Waals surface area contributed by atoms with Gasteiger partial charge >= 0.3 is 5.97 Å². The average molecular weight is 289 g/mol. The van der Waals surface area contributed by atoms with Crippen molar-refractivity contribution in [3.8, 4) is 0 Å². The molecule has 2 aromatic rings. The van der Waals surface area contributed by atoms with Crippen molar-refractivity contribution in [1.29, 1.82) is 0 Å². The number of aromatic carboxylic acids is 1. The van der Waals surface area contributed by atoms with E-state index in [2.05, 4.69) is 36.3 Å². The van der Waals surface area contributed by atoms with Crippen LogP contribution in [0.5, 0.6) is 0 Å². The molecule has 0 unspecified atom stereocenters. The Kier molecular flexibility index (Phi) is 4.45. The van der Waals surface area contributed by atoms with E-state index in [0.29, 0.717) is 11.6 Å². The molecule has 0 saturated heterocycles. The van der Waals surface area contributed by atoms with Gasteiger partial charge in [-0.15, -0.1) is 11.3 Å². The fourth-order valence-electron chi connectivity index (χ4n) is 2.23. The van der Waals surface area contributed by atoms with Crippen molar-refractivity contribution in [3.63, 3.8) is 0 Å². The predicted molar refractivity (Wildman–Crippen MR) is 83.8 cm³/mol. The van der Waals surface area contributed by atoms with Gasteiger partial charge in [-0.1, -0.05) is 6.07 Å². The van der Waals surface area contributed by atoms with E-state index in [4.69, 9.17) is 5.11 Å². The molecule has 3 nitrogen and oxygen atoms in total. The molecule has 0 spiro atoms. The quantitative estimate of drug-likeness (QED) is 0.898. The zero-order valence-corrected chi connectivity index (χ0v) is 12.8. The van der Waals surface area contributed by atoms with E-state index in [9.17, 15) is 4.79 Å². The first-order chi connectivity index (χ1) is 9.49. The second-order valence-corrected chi connectivity index (χ2v) is 6.14. The van der Waals surface area contributed by atoms with Gasteiger partial charge in [-0.25, -0.2) is 4.79 Å². The summed E-state index contributed by atoms with van der Waals surface area (Å²) in [6, 6.07) is 9.86. The minimum absolute atomic E-state index is 0.339. The molecule has 0 bridgehead atoms. The van der Waals surface area contributed by atoms with Gasteiger partial charge in [0.05, 0.1) is 12.1 Å². The number of anilines is 1. The van der Waals surface area contributed by atoms with Gasteiger partial charge in [-0.3, -0.25) is 0 Å². The molecular weight excluding hydrogens is 270 g/mol. The average Bonchev–Trinajstić information content (AvgIpc) is 2.89. The van der Waals surface area contributed by atoms with Crippen molar-refractivity contribution >= 4 is 23.0 Å². The second-order valence-electron chi connectivity index (χ2n) is 5.11. The Hall–Kier alpha value is -1.81. The molecule has 0 amide bonds. The van der Waals surface area contributed by atoms with Crippen molar-refractivity contribution in [2.24, 2.45) is 0 Å². The van der Waals surface area contributed by atoms with E-state index < -0.39 is 5.97 Å². The summed E-state index contributed by atoms with van der Waals surface area (Å²) < 4.78 is 0. The minimum atomic E-state index is -0.881. The van der Waals surface area contributed by atoms with E-state index in [1.807, 2.05) is 13.0 Å². The highest BCUT2D eigenvalue weighted by Gasteiger charge is 2.15. The molecular formula is C16H19NO2S. The van der Waals surface area contributed by atoms with E-state index in [-0.39, 0.29) is 0 Å². The number of carboxylic acids is 1. The van der Waals surface area contributed by atoms with Crippen LogP contribution in [0.3, 0.4) is 0 Å². The molecule has 0 fully saturated rings. The van der Waals surface area contributed by atoms with Crippen LogP contribution in [-0.4, -0.2) is 17.1 Å². The van der Waals surface area contributed by atoms with Crippen molar-refractivity contribution in [3.05, 3.63) is 51.7 Å². The Morgan fingerprint density at radius 3 is 2.60 bits per heavy atom. The SMILES string of the molecule is Cc1cc(C(=O)O)ccc1N(Cc1cccs1)C(C)C. The van der Waals surface area contributed by atoms with Crippen molar-refractivity contribution in [2.45, 2.75) is 33.4 Å². The molecule has 2 rings (SSSR count). The normalized spacial score (nSPS) is 10.8. The molecule has 0 aliphatic carbocycles. The number of hydrogen-bond donors (Lipinski definition) is 1. The smallest absolute Gasteiger partial charge is 0.335 e. The lowest BCUT2D eigenvalue weighted by Gasteiger charge is -2.30. The van der Waals surface area contributed by atoms with Crippen molar-refractivity contribution in [1.82, 2.24) is 0 Å². The van der Waals surface area contributed by atoms with Crippen LogP contribution in [0, 0.1) is 6.92 Å². The number of benzene rings is 1. The van der Waals surface area contributed by atoms with E-state index in [1.54, 1.807) is 23.5 Å². The second kappa shape index (κ2) is 6.09. The van der Waals surface area contributed by atoms with Crippen LogP contribution in [-0.2, 0) is 6.54 Å². The third kappa shape index (κ3) is 3.20. The summed E-state index contributed by atoms with van der Waals surface area (Å²) in [5.41, 5.74) is 2.43. The lowest BCUT2D eigenvalue weighted by atomic mass is 10.1. The van der Waals surface area contributed by atoms with E-state index in [1.165, 1.54) is 4.88 Å². The maximum absolute atomic E-state index is 11.0. The maximum Gasteiger partial charge on any atom is 0.335 e. The molecule has 0 aliphatic heterocycles. The van der Waals surface area contributed by atoms with E-state index >= 15 is 0 Å². The Balaban J connectivity index is 2.32. The summed E-state index contributed by atoms with van der Waals surface area (Å²) in [6.07, 6.45) is 0. The summed E-state index contributed by atoms with van der Waals surface area (Å²) in [5.74, 6) is -0.881. The number of rotatable bonds is 5. The molecule has 1 aromatic heterocycles. The van der Waals surface area contributed by atoms with E-state index in [0.717, 1.165) is 17.8 Å². The van der Waals surface area contributed by atoms with Crippen molar-refractivity contribution in [2.75, 3.05) is 4.90 Å². The van der Waals surface area contributed by atoms with Gasteiger partial charge in [-0.2, -0.15) is 0 Å². The largest absolute Gasteiger partial charge is 0.478 e. The monoisotopic (exact) mass is 289 g/mol. The third-order valence-corrected chi connectivity index (χ3v) is 4.14. The summed E-state index contributed by atoms with van der Waals surface area (Å²) in [6.45, 7) is 7.12. The molecule has 1 N–H and O–H groups in total. The van der Waals surface area contributed by atoms with Crippen LogP contribution in [0.25, 0.3) is 0 Å². The highest BCUT2D eigenvalue weighted by molar-refractivity contribution is 7.09. The van der Waals surface area contributed by atoms with Crippen LogP contribution in [0.15, 0.2) is 35.7 Å². The molecule has 0 saturated carbocycles. The number of nitrogens with zero attached hydrogens (tertiary/aromatic N) is 1. The first-order valence-corrected chi connectivity index (χ1v) is 7.50. The highest BCUT2D eigenvalue weighted by atomic mass is 32.1. The molecule has 1 heterocycles. The Morgan fingerprint density at radius 1 is 1.35 bits per heavy atom. The zero-order chi connectivity index (χ0) is 14.7. The number of carboxylic acid groups (broad SMARTS) is 1. The van der Waals surface area contributed by atoms with Gasteiger partial charge < -0.3 is 10.0 Å². The molecule has 0 aliphatic rings. The molecule has 0 radical (unpaired) electrons. The Bertz CT molecular complexity index is 591. The van der Waals surface area contributed by atoms with Gasteiger partial charge in [0.1, 0.15) is 0 Å². The highest BCUT2D eigenvalue weighted by Crippen LogP contribution is 2.26. The predicted octanol–water partition coefficient (Wildman–Crippen LogP) is 4.17. The summed E-state index contributed by atoms with van der Waals surface area (Å²) >= 11 is 1.74. The van der Waals surface area contributed by atoms with Gasteiger partial charge in [0.25, 0.3) is 0 Å². The van der Waals surface area contributed by atoms with Crippen LogP contribution in [0.2, 0.25) is 0 Å². The Morgan fingerprint density at radius 2 is 2.10 bits per heavy atom. The van der Waals surface area contributed by atoms with Crippen molar-refractivity contribution < 1.29 is 9.90 Å². The molecule has 20 heavy (non-hydrogen) atoms. The standard InChI is InChI=1S/C16H19NO2S/c1-11(2)17(10-14-5-4-8-20-14)15-7-6-13(16(18)19)9-12(15)3/h4-9,11H,10H2,1-3H3,(H,18,19). The lowest BCUT2D eigenvalue weighted by Crippen LogP contribution is -2.30. The van der Waals surface area contributed by atoms with Gasteiger partial charge in [0.15, 0.2) is 0 Å². The molecule has 106 valence electrons. The van der Waals surface area contributed by atoms with Gasteiger partial charge in [-0.05, 0) is 56.0 Å². The first-order valence-electron chi connectivity index (χ1n) is 6.62. The maximum atomic E-state index is 11.0. The van der Waals surface area contributed by atoms with Crippen LogP contribution in [0.4, 0.5) is 5.69 Å². The van der Waals surface area contributed by atoms with Crippen LogP contribution in [0.1, 0.15) is 34.6 Å². The summed E-state index contributed by atoms with van der Waals surface area (Å²) in [7, 11) is 0. The van der Waals surface area contributed by atoms with Crippen LogP contribution >= 0.6 is 11.3 Å². The topological polar surface area (TPSA) is 40.5 Å².